The van der Waals surface area contributed by atoms with E-state index in [-0.39, 0.29) is 12.1 Å². The molecule has 0 spiro atoms. The number of carbonyl (C=O) groups excluding carboxylic acids is 2. The number of nitrogens with zero attached hydrogens (tertiary/aromatic N) is 2. The first-order valence-electron chi connectivity index (χ1n) is 4.87. The highest BCUT2D eigenvalue weighted by Gasteiger charge is 2.37. The molecule has 1 aromatic carbocycles. The largest absolute Gasteiger partial charge is 0.319 e. The van der Waals surface area contributed by atoms with Crippen molar-refractivity contribution in [2.75, 3.05) is 4.90 Å². The molecule has 1 aliphatic heterocycles. The minimum Gasteiger partial charge on any atom is -0.319 e. The van der Waals surface area contributed by atoms with Gasteiger partial charge >= 0.3 is 0 Å². The van der Waals surface area contributed by atoms with E-state index in [9.17, 15) is 19.7 Å². The van der Waals surface area contributed by atoms with Crippen LogP contribution in [0.3, 0.4) is 0 Å². The van der Waals surface area contributed by atoms with Crippen LogP contribution in [-0.2, 0) is 9.59 Å². The Bertz CT molecular complexity index is 497. The summed E-state index contributed by atoms with van der Waals surface area (Å²) in [6.07, 6.45) is -0.0319. The van der Waals surface area contributed by atoms with Crippen LogP contribution >= 0.6 is 0 Å². The van der Waals surface area contributed by atoms with Gasteiger partial charge in [-0.15, -0.1) is 0 Å². The molecule has 0 saturated carbocycles. The van der Waals surface area contributed by atoms with Crippen LogP contribution in [0.1, 0.15) is 6.42 Å². The SMILES string of the molecule is NC1CC(=O)N(c2ccc([N+](=O)[O-])cc2)C1=O. The Labute approximate surface area is 96.0 Å². The third kappa shape index (κ3) is 1.87. The zero-order valence-electron chi connectivity index (χ0n) is 8.70. The van der Waals surface area contributed by atoms with E-state index in [1.165, 1.54) is 24.3 Å². The van der Waals surface area contributed by atoms with Gasteiger partial charge in [-0.2, -0.15) is 0 Å². The van der Waals surface area contributed by atoms with Gasteiger partial charge < -0.3 is 5.73 Å². The van der Waals surface area contributed by atoms with Gasteiger partial charge in [0.2, 0.25) is 5.91 Å². The standard InChI is InChI=1S/C10H9N3O4/c11-8-5-9(14)12(10(8)15)6-1-3-7(4-2-6)13(16)17/h1-4,8H,5,11H2. The van der Waals surface area contributed by atoms with E-state index in [1.807, 2.05) is 0 Å². The molecule has 1 unspecified atom stereocenters. The van der Waals surface area contributed by atoms with Crippen molar-refractivity contribution in [3.63, 3.8) is 0 Å². The van der Waals surface area contributed by atoms with E-state index in [0.717, 1.165) is 4.90 Å². The maximum absolute atomic E-state index is 11.6. The molecule has 1 fully saturated rings. The molecular formula is C10H9N3O4. The normalized spacial score (nSPS) is 19.8. The summed E-state index contributed by atoms with van der Waals surface area (Å²) in [6.45, 7) is 0. The average Bonchev–Trinajstić information content (AvgIpc) is 2.53. The first-order valence-corrected chi connectivity index (χ1v) is 4.87. The molecule has 1 aliphatic rings. The Morgan fingerprint density at radius 3 is 2.29 bits per heavy atom. The molecule has 0 radical (unpaired) electrons. The molecule has 1 aromatic rings. The Kier molecular flexibility index (Phi) is 2.60. The van der Waals surface area contributed by atoms with Crippen molar-refractivity contribution in [3.05, 3.63) is 34.4 Å². The van der Waals surface area contributed by atoms with Gasteiger partial charge in [-0.05, 0) is 12.1 Å². The summed E-state index contributed by atoms with van der Waals surface area (Å²) in [5, 5.41) is 10.5. The number of hydrogen-bond acceptors (Lipinski definition) is 5. The maximum Gasteiger partial charge on any atom is 0.269 e. The number of anilines is 1. The zero-order chi connectivity index (χ0) is 12.6. The molecular weight excluding hydrogens is 226 g/mol. The van der Waals surface area contributed by atoms with E-state index in [4.69, 9.17) is 5.73 Å². The summed E-state index contributed by atoms with van der Waals surface area (Å²) < 4.78 is 0. The predicted molar refractivity (Wildman–Crippen MR) is 58.2 cm³/mol. The molecule has 7 nitrogen and oxygen atoms in total. The lowest BCUT2D eigenvalue weighted by molar-refractivity contribution is -0.384. The topological polar surface area (TPSA) is 107 Å². The molecule has 0 aliphatic carbocycles. The van der Waals surface area contributed by atoms with Crippen LogP contribution in [0.25, 0.3) is 0 Å². The third-order valence-corrected chi connectivity index (χ3v) is 2.50. The number of imide groups is 1. The van der Waals surface area contributed by atoms with Gasteiger partial charge in [-0.25, -0.2) is 4.90 Å². The predicted octanol–water partition coefficient (Wildman–Crippen LogP) is 0.185. The first-order chi connectivity index (χ1) is 8.00. The number of hydrogen-bond donors (Lipinski definition) is 1. The third-order valence-electron chi connectivity index (χ3n) is 2.50. The molecule has 0 bridgehead atoms. The smallest absolute Gasteiger partial charge is 0.269 e. The second kappa shape index (κ2) is 3.95. The summed E-state index contributed by atoms with van der Waals surface area (Å²) >= 11 is 0. The minimum atomic E-state index is -0.822. The van der Waals surface area contributed by atoms with Crippen LogP contribution in [-0.4, -0.2) is 22.8 Å². The van der Waals surface area contributed by atoms with Crippen LogP contribution in [0.2, 0.25) is 0 Å². The molecule has 2 rings (SSSR count). The van der Waals surface area contributed by atoms with E-state index in [2.05, 4.69) is 0 Å². The van der Waals surface area contributed by atoms with Crippen LogP contribution < -0.4 is 10.6 Å². The molecule has 88 valence electrons. The van der Waals surface area contributed by atoms with E-state index in [1.54, 1.807) is 0 Å². The van der Waals surface area contributed by atoms with Gasteiger partial charge in [-0.3, -0.25) is 19.7 Å². The van der Waals surface area contributed by atoms with E-state index in [0.29, 0.717) is 5.69 Å². The fraction of sp³-hybridized carbons (Fsp3) is 0.200. The van der Waals surface area contributed by atoms with Crippen LogP contribution in [0.4, 0.5) is 11.4 Å². The van der Waals surface area contributed by atoms with Gasteiger partial charge in [0.05, 0.1) is 23.1 Å². The summed E-state index contributed by atoms with van der Waals surface area (Å²) in [6, 6.07) is 4.36. The second-order valence-corrected chi connectivity index (χ2v) is 3.65. The number of benzene rings is 1. The number of rotatable bonds is 2. The molecule has 1 saturated heterocycles. The molecule has 2 N–H and O–H groups in total. The van der Waals surface area contributed by atoms with Gasteiger partial charge in [0.25, 0.3) is 11.6 Å². The minimum absolute atomic E-state index is 0.0319. The van der Waals surface area contributed by atoms with Crippen LogP contribution in [0, 0.1) is 10.1 Å². The molecule has 1 heterocycles. The average molecular weight is 235 g/mol. The van der Waals surface area contributed by atoms with Crippen molar-refractivity contribution in [1.82, 2.24) is 0 Å². The molecule has 2 amide bonds. The van der Waals surface area contributed by atoms with Crippen molar-refractivity contribution in [2.24, 2.45) is 5.73 Å². The summed E-state index contributed by atoms with van der Waals surface area (Å²) in [5.74, 6) is -0.875. The monoisotopic (exact) mass is 235 g/mol. The first kappa shape index (κ1) is 11.2. The van der Waals surface area contributed by atoms with Crippen molar-refractivity contribution in [3.8, 4) is 0 Å². The Balaban J connectivity index is 2.32. The number of carbonyl (C=O) groups is 2. The second-order valence-electron chi connectivity index (χ2n) is 3.65. The summed E-state index contributed by atoms with van der Waals surface area (Å²) in [7, 11) is 0. The highest BCUT2D eigenvalue weighted by atomic mass is 16.6. The lowest BCUT2D eigenvalue weighted by atomic mass is 10.2. The quantitative estimate of drug-likeness (QED) is 0.447. The number of non-ortho nitro benzene ring substituents is 1. The van der Waals surface area contributed by atoms with Crippen molar-refractivity contribution >= 4 is 23.2 Å². The Morgan fingerprint density at radius 1 is 1.29 bits per heavy atom. The van der Waals surface area contributed by atoms with E-state index < -0.39 is 22.8 Å². The summed E-state index contributed by atoms with van der Waals surface area (Å²) in [5.41, 5.74) is 5.66. The molecule has 7 heteroatoms. The lowest BCUT2D eigenvalue weighted by Gasteiger charge is -2.13. The van der Waals surface area contributed by atoms with Crippen molar-refractivity contribution in [1.29, 1.82) is 0 Å². The highest BCUT2D eigenvalue weighted by Crippen LogP contribution is 2.24. The Morgan fingerprint density at radius 2 is 1.88 bits per heavy atom. The van der Waals surface area contributed by atoms with Gasteiger partial charge in [-0.1, -0.05) is 0 Å². The van der Waals surface area contributed by atoms with Crippen LogP contribution in [0.15, 0.2) is 24.3 Å². The van der Waals surface area contributed by atoms with Crippen molar-refractivity contribution in [2.45, 2.75) is 12.5 Å². The van der Waals surface area contributed by atoms with Crippen molar-refractivity contribution < 1.29 is 14.5 Å². The molecule has 1 atom stereocenters. The van der Waals surface area contributed by atoms with Crippen LogP contribution in [0.5, 0.6) is 0 Å². The molecule has 17 heavy (non-hydrogen) atoms. The fourth-order valence-corrected chi connectivity index (χ4v) is 1.65. The summed E-state index contributed by atoms with van der Waals surface area (Å²) in [4.78, 5) is 33.9. The van der Waals surface area contributed by atoms with Gasteiger partial charge in [0, 0.05) is 12.1 Å². The van der Waals surface area contributed by atoms with Gasteiger partial charge in [0.1, 0.15) is 0 Å². The van der Waals surface area contributed by atoms with E-state index >= 15 is 0 Å². The number of nitrogens with two attached hydrogens (primary N) is 1. The number of amides is 2. The Hall–Kier alpha value is -2.28. The molecule has 0 aromatic heterocycles. The van der Waals surface area contributed by atoms with Gasteiger partial charge in [0.15, 0.2) is 0 Å². The maximum atomic E-state index is 11.6. The fourth-order valence-electron chi connectivity index (χ4n) is 1.65. The number of nitro groups is 1. The highest BCUT2D eigenvalue weighted by molar-refractivity contribution is 6.22. The lowest BCUT2D eigenvalue weighted by Crippen LogP contribution is -2.35. The zero-order valence-corrected chi connectivity index (χ0v) is 8.70. The number of nitro benzene ring substituents is 1.